The second-order valence-corrected chi connectivity index (χ2v) is 12.4. The topological polar surface area (TPSA) is 111 Å². The number of nitrogens with zero attached hydrogens (tertiary/aromatic N) is 4. The number of ether oxygens (including phenoxy) is 4. The minimum Gasteiger partial charge on any atom is -0.493 e. The molecule has 2 aliphatic heterocycles. The number of aliphatic hydroxyl groups is 1. The van der Waals surface area contributed by atoms with Crippen LogP contribution in [-0.4, -0.2) is 110 Å². The maximum atomic E-state index is 14.4. The van der Waals surface area contributed by atoms with E-state index >= 15 is 0 Å². The van der Waals surface area contributed by atoms with Crippen LogP contribution < -0.4 is 19.7 Å². The lowest BCUT2D eigenvalue weighted by molar-refractivity contribution is -0.0893. The van der Waals surface area contributed by atoms with Gasteiger partial charge >= 0.3 is 0 Å². The maximum Gasteiger partial charge on any atom is 0.275 e. The quantitative estimate of drug-likeness (QED) is 0.296. The minimum absolute atomic E-state index is 0. The maximum absolute atomic E-state index is 14.4. The van der Waals surface area contributed by atoms with Crippen molar-refractivity contribution in [2.24, 2.45) is 0 Å². The molecule has 2 N–H and O–H groups in total. The number of aromatic nitrogens is 2. The standard InChI is InChI=1S/C35H47N5O6.2ClH/c1-43-24-35(42)14-7-6-10-31(35)40-25-37-32(33(40)26-8-4-3-5-9-26)34(41)39-16-15-36-23-28(39)13-19-46-29-12-11-27(22-30(29)44-2)38-17-20-45-21-18-38;;/h3-5,8-9,11-12,22,25,28,31,36,42H,6-7,10,13-21,23-24H2,1-2H3;2*1H/t28-,31-,35-;;/m1../s1. The SMILES string of the molecule is COC[C@]1(O)CCCC[C@H]1n1cnc(C(=O)N2CCNC[C@H]2CCOc2ccc(N3CCOCC3)cc2OC)c1-c1ccccc1.Cl.Cl. The molecule has 3 atom stereocenters. The average Bonchev–Trinajstić information content (AvgIpc) is 3.54. The Balaban J connectivity index is 0.00000260. The van der Waals surface area contributed by atoms with Crippen molar-refractivity contribution < 1.29 is 28.8 Å². The Morgan fingerprint density at radius 3 is 2.60 bits per heavy atom. The predicted molar refractivity (Wildman–Crippen MR) is 190 cm³/mol. The number of morpholine rings is 1. The summed E-state index contributed by atoms with van der Waals surface area (Å²) in [7, 11) is 3.28. The molecular formula is C35H49Cl2N5O6. The number of imidazole rings is 1. The second kappa shape index (κ2) is 17.6. The first-order valence-electron chi connectivity index (χ1n) is 16.5. The summed E-state index contributed by atoms with van der Waals surface area (Å²) in [5.74, 6) is 1.26. The monoisotopic (exact) mass is 705 g/mol. The Kier molecular flexibility index (Phi) is 13.8. The molecule has 3 aliphatic rings. The molecule has 0 bridgehead atoms. The normalized spacial score (nSPS) is 22.7. The summed E-state index contributed by atoms with van der Waals surface area (Å²) in [5, 5.41) is 15.1. The number of halogens is 2. The summed E-state index contributed by atoms with van der Waals surface area (Å²) >= 11 is 0. The molecule has 3 heterocycles. The molecular weight excluding hydrogens is 657 g/mol. The highest BCUT2D eigenvalue weighted by Crippen LogP contribution is 2.41. The van der Waals surface area contributed by atoms with E-state index in [1.165, 1.54) is 0 Å². The van der Waals surface area contributed by atoms with Crippen LogP contribution in [0.15, 0.2) is 54.9 Å². The van der Waals surface area contributed by atoms with E-state index in [1.54, 1.807) is 20.5 Å². The summed E-state index contributed by atoms with van der Waals surface area (Å²) in [6, 6.07) is 15.6. The lowest BCUT2D eigenvalue weighted by atomic mass is 9.80. The van der Waals surface area contributed by atoms with Gasteiger partial charge in [0.1, 0.15) is 5.60 Å². The Morgan fingerprint density at radius 2 is 1.85 bits per heavy atom. The first-order chi connectivity index (χ1) is 22.5. The van der Waals surface area contributed by atoms with Crippen LogP contribution in [0.3, 0.4) is 0 Å². The molecule has 1 saturated carbocycles. The Labute approximate surface area is 295 Å². The number of piperazine rings is 1. The number of methoxy groups -OCH3 is 2. The zero-order valence-electron chi connectivity index (χ0n) is 27.8. The number of rotatable bonds is 11. The fraction of sp³-hybridized carbons (Fsp3) is 0.543. The van der Waals surface area contributed by atoms with E-state index in [9.17, 15) is 9.90 Å². The molecule has 48 heavy (non-hydrogen) atoms. The molecule has 1 aromatic heterocycles. The van der Waals surface area contributed by atoms with E-state index in [2.05, 4.69) is 16.3 Å². The van der Waals surface area contributed by atoms with Crippen LogP contribution >= 0.6 is 24.8 Å². The minimum atomic E-state index is -1.03. The second-order valence-electron chi connectivity index (χ2n) is 12.4. The van der Waals surface area contributed by atoms with Crippen molar-refractivity contribution in [3.8, 4) is 22.8 Å². The Morgan fingerprint density at radius 1 is 1.06 bits per heavy atom. The van der Waals surface area contributed by atoms with Gasteiger partial charge in [0.2, 0.25) is 0 Å². The van der Waals surface area contributed by atoms with Crippen molar-refractivity contribution in [1.82, 2.24) is 19.8 Å². The molecule has 3 fully saturated rings. The third-order valence-corrected chi connectivity index (χ3v) is 9.57. The van der Waals surface area contributed by atoms with Crippen LogP contribution in [0, 0.1) is 0 Å². The Bertz CT molecular complexity index is 1450. The first-order valence-corrected chi connectivity index (χ1v) is 16.5. The van der Waals surface area contributed by atoms with Gasteiger partial charge in [0, 0.05) is 69.6 Å². The highest BCUT2D eigenvalue weighted by molar-refractivity contribution is 5.98. The van der Waals surface area contributed by atoms with Crippen LogP contribution in [0.25, 0.3) is 11.3 Å². The highest BCUT2D eigenvalue weighted by atomic mass is 35.5. The predicted octanol–water partition coefficient (Wildman–Crippen LogP) is 4.61. The van der Waals surface area contributed by atoms with E-state index in [0.29, 0.717) is 56.3 Å². The average molecular weight is 707 g/mol. The van der Waals surface area contributed by atoms with Gasteiger partial charge in [-0.05, 0) is 25.0 Å². The van der Waals surface area contributed by atoms with Crippen molar-refractivity contribution in [2.75, 3.05) is 78.3 Å². The third kappa shape index (κ3) is 8.21. The van der Waals surface area contributed by atoms with Crippen molar-refractivity contribution in [3.63, 3.8) is 0 Å². The van der Waals surface area contributed by atoms with Crippen molar-refractivity contribution in [1.29, 1.82) is 0 Å². The summed E-state index contributed by atoms with van der Waals surface area (Å²) in [6.45, 7) is 5.73. The fourth-order valence-electron chi connectivity index (χ4n) is 7.18. The van der Waals surface area contributed by atoms with Crippen LogP contribution in [0.1, 0.15) is 48.6 Å². The van der Waals surface area contributed by atoms with Gasteiger partial charge in [-0.1, -0.05) is 43.2 Å². The smallest absolute Gasteiger partial charge is 0.275 e. The summed E-state index contributed by atoms with van der Waals surface area (Å²) in [4.78, 5) is 23.3. The summed E-state index contributed by atoms with van der Waals surface area (Å²) in [5.41, 5.74) is 2.10. The number of anilines is 1. The van der Waals surface area contributed by atoms with Gasteiger partial charge in [0.05, 0.1) is 51.6 Å². The molecule has 0 radical (unpaired) electrons. The van der Waals surface area contributed by atoms with Gasteiger partial charge in [-0.2, -0.15) is 0 Å². The molecule has 264 valence electrons. The highest BCUT2D eigenvalue weighted by Gasteiger charge is 2.42. The summed E-state index contributed by atoms with van der Waals surface area (Å²) < 4.78 is 24.9. The van der Waals surface area contributed by atoms with Gasteiger partial charge in [0.25, 0.3) is 5.91 Å². The van der Waals surface area contributed by atoms with Crippen molar-refractivity contribution >= 4 is 36.4 Å². The molecule has 0 unspecified atom stereocenters. The third-order valence-electron chi connectivity index (χ3n) is 9.57. The van der Waals surface area contributed by atoms with E-state index < -0.39 is 5.60 Å². The number of hydrogen-bond donors (Lipinski definition) is 2. The van der Waals surface area contributed by atoms with Gasteiger partial charge in [0.15, 0.2) is 17.2 Å². The van der Waals surface area contributed by atoms with Crippen LogP contribution in [0.5, 0.6) is 11.5 Å². The molecule has 6 rings (SSSR count). The number of benzene rings is 2. The molecule has 0 spiro atoms. The number of carbonyl (C=O) groups excluding carboxylic acids is 1. The van der Waals surface area contributed by atoms with Crippen LogP contribution in [0.4, 0.5) is 5.69 Å². The number of nitrogens with one attached hydrogen (secondary N) is 1. The summed E-state index contributed by atoms with van der Waals surface area (Å²) in [6.07, 6.45) is 5.74. The molecule has 2 aromatic carbocycles. The first kappa shape index (κ1) is 37.8. The van der Waals surface area contributed by atoms with Gasteiger partial charge in [-0.15, -0.1) is 24.8 Å². The number of hydrogen-bond acceptors (Lipinski definition) is 9. The molecule has 2 saturated heterocycles. The van der Waals surface area contributed by atoms with E-state index in [4.69, 9.17) is 23.9 Å². The largest absolute Gasteiger partial charge is 0.493 e. The number of amides is 1. The van der Waals surface area contributed by atoms with E-state index in [1.807, 2.05) is 51.9 Å². The van der Waals surface area contributed by atoms with Crippen LogP contribution in [-0.2, 0) is 9.47 Å². The zero-order chi connectivity index (χ0) is 31.9. The lowest BCUT2D eigenvalue weighted by Gasteiger charge is -2.41. The Hall–Kier alpha value is -3.06. The van der Waals surface area contributed by atoms with Gasteiger partial charge in [-0.25, -0.2) is 4.98 Å². The van der Waals surface area contributed by atoms with Crippen molar-refractivity contribution in [3.05, 3.63) is 60.6 Å². The molecule has 13 heteroatoms. The molecule has 11 nitrogen and oxygen atoms in total. The van der Waals surface area contributed by atoms with Crippen molar-refractivity contribution in [2.45, 2.75) is 49.8 Å². The molecule has 3 aromatic rings. The lowest BCUT2D eigenvalue weighted by Crippen LogP contribution is -2.54. The van der Waals surface area contributed by atoms with Gasteiger partial charge < -0.3 is 43.7 Å². The fourth-order valence-corrected chi connectivity index (χ4v) is 7.18. The number of carbonyl (C=O) groups is 1. The molecule has 1 aliphatic carbocycles. The zero-order valence-corrected chi connectivity index (χ0v) is 29.5. The molecule has 1 amide bonds. The van der Waals surface area contributed by atoms with Gasteiger partial charge in [-0.3, -0.25) is 4.79 Å². The van der Waals surface area contributed by atoms with E-state index in [0.717, 1.165) is 62.5 Å². The van der Waals surface area contributed by atoms with E-state index in [-0.39, 0.29) is 49.4 Å². The van der Waals surface area contributed by atoms with Crippen LogP contribution in [0.2, 0.25) is 0 Å².